The van der Waals surface area contributed by atoms with Crippen molar-refractivity contribution in [1.29, 1.82) is 0 Å². The molecule has 0 spiro atoms. The molecule has 3 aromatic rings. The molecular weight excluding hydrogens is 342 g/mol. The van der Waals surface area contributed by atoms with Crippen LogP contribution >= 0.6 is 0 Å². The highest BCUT2D eigenvalue weighted by atomic mass is 16.2. The van der Waals surface area contributed by atoms with Crippen molar-refractivity contribution in [3.63, 3.8) is 0 Å². The van der Waals surface area contributed by atoms with Gasteiger partial charge in [0.05, 0.1) is 11.9 Å². The molecule has 1 aromatic carbocycles. The van der Waals surface area contributed by atoms with Gasteiger partial charge in [-0.05, 0) is 37.8 Å². The molecule has 2 aromatic heterocycles. The fourth-order valence-corrected chi connectivity index (χ4v) is 3.44. The fourth-order valence-electron chi connectivity index (χ4n) is 3.44. The van der Waals surface area contributed by atoms with Gasteiger partial charge in [0, 0.05) is 13.1 Å². The Hall–Kier alpha value is -2.96. The van der Waals surface area contributed by atoms with Crippen molar-refractivity contribution in [2.75, 3.05) is 13.1 Å². The number of benzene rings is 1. The van der Waals surface area contributed by atoms with Gasteiger partial charge in [0.2, 0.25) is 5.91 Å². The van der Waals surface area contributed by atoms with E-state index in [9.17, 15) is 9.59 Å². The van der Waals surface area contributed by atoms with Crippen LogP contribution in [-0.4, -0.2) is 43.2 Å². The van der Waals surface area contributed by atoms with Crippen LogP contribution in [0.3, 0.4) is 0 Å². The summed E-state index contributed by atoms with van der Waals surface area (Å²) in [5, 5.41) is 4.73. The normalized spacial score (nSPS) is 15.4. The summed E-state index contributed by atoms with van der Waals surface area (Å²) in [5.41, 5.74) is 2.26. The third-order valence-electron chi connectivity index (χ3n) is 5.27. The first-order valence-electron chi connectivity index (χ1n) is 9.31. The average Bonchev–Trinajstić information content (AvgIpc) is 3.10. The number of rotatable bonds is 3. The quantitative estimate of drug-likeness (QED) is 0.713. The van der Waals surface area contributed by atoms with Crippen LogP contribution in [0, 0.1) is 12.8 Å². The molecule has 1 saturated heterocycles. The number of fused-ring (bicyclic) bond motifs is 1. The van der Waals surface area contributed by atoms with E-state index in [4.69, 9.17) is 0 Å². The lowest BCUT2D eigenvalue weighted by molar-refractivity contribution is -0.133. The van der Waals surface area contributed by atoms with Gasteiger partial charge in [-0.3, -0.25) is 14.2 Å². The summed E-state index contributed by atoms with van der Waals surface area (Å²) >= 11 is 0. The smallest absolute Gasteiger partial charge is 0.264 e. The Morgan fingerprint density at radius 1 is 1.19 bits per heavy atom. The van der Waals surface area contributed by atoms with E-state index < -0.39 is 0 Å². The Bertz CT molecular complexity index is 1030. The molecule has 27 heavy (non-hydrogen) atoms. The minimum absolute atomic E-state index is 0.0197. The van der Waals surface area contributed by atoms with Gasteiger partial charge < -0.3 is 4.90 Å². The second-order valence-corrected chi connectivity index (χ2v) is 7.37. The molecule has 1 aliphatic rings. The summed E-state index contributed by atoms with van der Waals surface area (Å²) < 4.78 is 3.03. The first-order valence-corrected chi connectivity index (χ1v) is 9.31. The summed E-state index contributed by atoms with van der Waals surface area (Å²) in [6, 6.07) is 7.86. The van der Waals surface area contributed by atoms with Gasteiger partial charge >= 0.3 is 0 Å². The van der Waals surface area contributed by atoms with Gasteiger partial charge in [-0.2, -0.15) is 5.10 Å². The van der Waals surface area contributed by atoms with E-state index in [-0.39, 0.29) is 18.0 Å². The van der Waals surface area contributed by atoms with Crippen LogP contribution in [-0.2, 0) is 11.3 Å². The van der Waals surface area contributed by atoms with E-state index in [1.807, 2.05) is 36.1 Å². The number of carbonyl (C=O) groups excluding carboxylic acids is 1. The number of carbonyl (C=O) groups is 1. The second kappa shape index (κ2) is 6.98. The first kappa shape index (κ1) is 17.5. The van der Waals surface area contributed by atoms with Gasteiger partial charge in [-0.25, -0.2) is 9.67 Å². The topological polar surface area (TPSA) is 73.0 Å². The van der Waals surface area contributed by atoms with E-state index in [0.29, 0.717) is 17.0 Å². The molecule has 1 fully saturated rings. The van der Waals surface area contributed by atoms with Crippen molar-refractivity contribution in [1.82, 2.24) is 24.2 Å². The summed E-state index contributed by atoms with van der Waals surface area (Å²) in [6.45, 7) is 5.76. The first-order chi connectivity index (χ1) is 13.0. The summed E-state index contributed by atoms with van der Waals surface area (Å²) in [7, 11) is 0. The van der Waals surface area contributed by atoms with Crippen molar-refractivity contribution in [2.24, 2.45) is 5.92 Å². The number of likely N-dealkylation sites (tertiary alicyclic amines) is 1. The highest BCUT2D eigenvalue weighted by Crippen LogP contribution is 2.17. The van der Waals surface area contributed by atoms with Crippen molar-refractivity contribution in [3.8, 4) is 5.69 Å². The van der Waals surface area contributed by atoms with Gasteiger partial charge in [0.25, 0.3) is 5.56 Å². The van der Waals surface area contributed by atoms with Crippen LogP contribution in [0.2, 0.25) is 0 Å². The van der Waals surface area contributed by atoms with Crippen molar-refractivity contribution >= 4 is 16.9 Å². The molecule has 7 nitrogen and oxygen atoms in total. The van der Waals surface area contributed by atoms with Gasteiger partial charge in [0.1, 0.15) is 18.3 Å². The molecule has 1 amide bonds. The SMILES string of the molecule is Cc1ccc(-n2ncc3c(=O)n(CC(=O)N4CCC(C)CC4)cnc32)cc1. The predicted molar refractivity (Wildman–Crippen MR) is 103 cm³/mol. The Morgan fingerprint density at radius 3 is 2.59 bits per heavy atom. The zero-order chi connectivity index (χ0) is 19.0. The second-order valence-electron chi connectivity index (χ2n) is 7.37. The molecule has 0 unspecified atom stereocenters. The Morgan fingerprint density at radius 2 is 1.89 bits per heavy atom. The van der Waals surface area contributed by atoms with E-state index in [0.717, 1.165) is 37.2 Å². The highest BCUT2D eigenvalue weighted by molar-refractivity contribution is 5.78. The van der Waals surface area contributed by atoms with Gasteiger partial charge in [-0.1, -0.05) is 24.6 Å². The molecule has 0 atom stereocenters. The van der Waals surface area contributed by atoms with E-state index in [2.05, 4.69) is 17.0 Å². The van der Waals surface area contributed by atoms with Crippen LogP contribution in [0.5, 0.6) is 0 Å². The van der Waals surface area contributed by atoms with Gasteiger partial charge in [0.15, 0.2) is 5.65 Å². The molecule has 0 bridgehead atoms. The Kier molecular flexibility index (Phi) is 4.51. The average molecular weight is 365 g/mol. The molecule has 0 N–H and O–H groups in total. The number of amides is 1. The van der Waals surface area contributed by atoms with E-state index in [1.54, 1.807) is 4.68 Å². The molecular formula is C20H23N5O2. The maximum absolute atomic E-state index is 12.8. The van der Waals surface area contributed by atoms with Crippen LogP contribution in [0.15, 0.2) is 41.6 Å². The predicted octanol–water partition coefficient (Wildman–Crippen LogP) is 2.15. The number of piperidine rings is 1. The highest BCUT2D eigenvalue weighted by Gasteiger charge is 2.21. The summed E-state index contributed by atoms with van der Waals surface area (Å²) in [6.07, 6.45) is 5.00. The molecule has 7 heteroatoms. The maximum Gasteiger partial charge on any atom is 0.264 e. The zero-order valence-electron chi connectivity index (χ0n) is 15.6. The minimum atomic E-state index is -0.239. The van der Waals surface area contributed by atoms with Gasteiger partial charge in [-0.15, -0.1) is 0 Å². The van der Waals surface area contributed by atoms with E-state index >= 15 is 0 Å². The lowest BCUT2D eigenvalue weighted by Gasteiger charge is -2.30. The third-order valence-corrected chi connectivity index (χ3v) is 5.27. The fraction of sp³-hybridized carbons (Fsp3) is 0.400. The number of nitrogens with zero attached hydrogens (tertiary/aromatic N) is 5. The molecule has 1 aliphatic heterocycles. The molecule has 0 radical (unpaired) electrons. The summed E-state index contributed by atoms with van der Waals surface area (Å²) in [5.74, 6) is 0.624. The largest absolute Gasteiger partial charge is 0.341 e. The third kappa shape index (κ3) is 3.37. The lowest BCUT2D eigenvalue weighted by atomic mass is 9.99. The van der Waals surface area contributed by atoms with Crippen molar-refractivity contribution in [2.45, 2.75) is 33.2 Å². The molecule has 0 aliphatic carbocycles. The molecule has 0 saturated carbocycles. The van der Waals surface area contributed by atoms with E-state index in [1.165, 1.54) is 17.1 Å². The van der Waals surface area contributed by atoms with Crippen LogP contribution in [0.4, 0.5) is 0 Å². The zero-order valence-corrected chi connectivity index (χ0v) is 15.6. The number of aryl methyl sites for hydroxylation is 1. The van der Waals surface area contributed by atoms with Crippen LogP contribution in [0.25, 0.3) is 16.7 Å². The van der Waals surface area contributed by atoms with Crippen molar-refractivity contribution < 1.29 is 4.79 Å². The van der Waals surface area contributed by atoms with Crippen LogP contribution in [0.1, 0.15) is 25.3 Å². The van der Waals surface area contributed by atoms with Crippen molar-refractivity contribution in [3.05, 3.63) is 52.7 Å². The monoisotopic (exact) mass is 365 g/mol. The number of aromatic nitrogens is 4. The maximum atomic E-state index is 12.8. The molecule has 3 heterocycles. The van der Waals surface area contributed by atoms with Crippen LogP contribution < -0.4 is 5.56 Å². The summed E-state index contributed by atoms with van der Waals surface area (Å²) in [4.78, 5) is 31.6. The number of hydrogen-bond acceptors (Lipinski definition) is 4. The number of hydrogen-bond donors (Lipinski definition) is 0. The Balaban J connectivity index is 1.60. The minimum Gasteiger partial charge on any atom is -0.341 e. The lowest BCUT2D eigenvalue weighted by Crippen LogP contribution is -2.41. The Labute approximate surface area is 157 Å². The molecule has 4 rings (SSSR count). The standard InChI is InChI=1S/C20H23N5O2/c1-14-3-5-16(6-4-14)25-19-17(11-22-25)20(27)24(13-21-19)12-18(26)23-9-7-15(2)8-10-23/h3-6,11,13,15H,7-10,12H2,1-2H3. The molecule has 140 valence electrons.